The molecule has 0 heterocycles. The van der Waals surface area contributed by atoms with Crippen molar-refractivity contribution in [3.63, 3.8) is 0 Å². The smallest absolute Gasteiger partial charge is 0.337 e. The molecule has 0 fully saturated rings. The number of aromatic carboxylic acids is 1. The third kappa shape index (κ3) is 4.17. The molecule has 0 spiro atoms. The molecule has 6 nitrogen and oxygen atoms in total. The van der Waals surface area contributed by atoms with E-state index in [1.165, 1.54) is 19.1 Å². The summed E-state index contributed by atoms with van der Waals surface area (Å²) in [7, 11) is 0. The van der Waals surface area contributed by atoms with Crippen LogP contribution in [0.15, 0.2) is 22.7 Å². The van der Waals surface area contributed by atoms with Crippen LogP contribution < -0.4 is 10.6 Å². The zero-order chi connectivity index (χ0) is 13.7. The summed E-state index contributed by atoms with van der Waals surface area (Å²) in [4.78, 5) is 33.1. The van der Waals surface area contributed by atoms with Gasteiger partial charge in [0.25, 0.3) is 0 Å². The second-order valence-electron chi connectivity index (χ2n) is 3.45. The van der Waals surface area contributed by atoms with Crippen LogP contribution in [-0.2, 0) is 9.59 Å². The number of benzene rings is 1. The molecule has 7 heteroatoms. The van der Waals surface area contributed by atoms with Crippen molar-refractivity contribution in [2.45, 2.75) is 6.92 Å². The van der Waals surface area contributed by atoms with Crippen LogP contribution in [0.25, 0.3) is 0 Å². The van der Waals surface area contributed by atoms with Crippen LogP contribution in [0.1, 0.15) is 17.3 Å². The molecule has 2 amide bonds. The minimum atomic E-state index is -1.15. The van der Waals surface area contributed by atoms with Gasteiger partial charge in [0.15, 0.2) is 0 Å². The van der Waals surface area contributed by atoms with Gasteiger partial charge in [-0.1, -0.05) is 15.9 Å². The molecule has 18 heavy (non-hydrogen) atoms. The van der Waals surface area contributed by atoms with Gasteiger partial charge in [0.2, 0.25) is 11.8 Å². The second-order valence-corrected chi connectivity index (χ2v) is 4.37. The van der Waals surface area contributed by atoms with Crippen LogP contribution in [-0.4, -0.2) is 29.4 Å². The van der Waals surface area contributed by atoms with Gasteiger partial charge in [-0.05, 0) is 18.2 Å². The highest BCUT2D eigenvalue weighted by Gasteiger charge is 2.13. The second kappa shape index (κ2) is 6.15. The Morgan fingerprint density at radius 3 is 2.56 bits per heavy atom. The average Bonchev–Trinajstić information content (AvgIpc) is 2.28. The number of carboxylic acid groups (broad SMARTS) is 1. The molecule has 0 saturated heterocycles. The lowest BCUT2D eigenvalue weighted by Gasteiger charge is -2.09. The van der Waals surface area contributed by atoms with Crippen molar-refractivity contribution in [3.8, 4) is 0 Å². The van der Waals surface area contributed by atoms with E-state index in [0.717, 1.165) is 0 Å². The standard InChI is InChI=1S/C11H11BrN2O4/c1-6(15)13-5-10(16)14-9-3-2-7(12)4-8(9)11(17)18/h2-4H,5H2,1H3,(H,13,15)(H,14,16)(H,17,18). The Hall–Kier alpha value is -1.89. The molecule has 0 aliphatic carbocycles. The summed E-state index contributed by atoms with van der Waals surface area (Å²) >= 11 is 3.15. The molecule has 0 aromatic heterocycles. The van der Waals surface area contributed by atoms with E-state index in [4.69, 9.17) is 5.11 Å². The van der Waals surface area contributed by atoms with Crippen LogP contribution in [0.4, 0.5) is 5.69 Å². The highest BCUT2D eigenvalue weighted by Crippen LogP contribution is 2.20. The van der Waals surface area contributed by atoms with Gasteiger partial charge in [-0.25, -0.2) is 4.79 Å². The fourth-order valence-electron chi connectivity index (χ4n) is 1.20. The van der Waals surface area contributed by atoms with E-state index in [1.807, 2.05) is 0 Å². The molecule has 0 unspecified atom stereocenters. The van der Waals surface area contributed by atoms with Crippen molar-refractivity contribution >= 4 is 39.4 Å². The Kier molecular flexibility index (Phi) is 4.85. The van der Waals surface area contributed by atoms with Crippen molar-refractivity contribution in [2.24, 2.45) is 0 Å². The van der Waals surface area contributed by atoms with Gasteiger partial charge in [0.05, 0.1) is 17.8 Å². The third-order valence-corrected chi connectivity index (χ3v) is 2.48. The summed E-state index contributed by atoms with van der Waals surface area (Å²) in [5.41, 5.74) is 0.154. The van der Waals surface area contributed by atoms with Crippen LogP contribution in [0, 0.1) is 0 Å². The number of hydrogen-bond donors (Lipinski definition) is 3. The molecule has 96 valence electrons. The summed E-state index contributed by atoms with van der Waals surface area (Å²) in [6.07, 6.45) is 0. The lowest BCUT2D eigenvalue weighted by molar-refractivity contribution is -0.122. The summed E-state index contributed by atoms with van der Waals surface area (Å²) in [5, 5.41) is 13.7. The quantitative estimate of drug-likeness (QED) is 0.778. The van der Waals surface area contributed by atoms with Gasteiger partial charge in [0.1, 0.15) is 0 Å². The van der Waals surface area contributed by atoms with Gasteiger partial charge in [-0.2, -0.15) is 0 Å². The highest BCUT2D eigenvalue weighted by atomic mass is 79.9. The van der Waals surface area contributed by atoms with Crippen molar-refractivity contribution in [3.05, 3.63) is 28.2 Å². The number of hydrogen-bond acceptors (Lipinski definition) is 3. The van der Waals surface area contributed by atoms with E-state index >= 15 is 0 Å². The monoisotopic (exact) mass is 314 g/mol. The minimum Gasteiger partial charge on any atom is -0.478 e. The average molecular weight is 315 g/mol. The van der Waals surface area contributed by atoms with E-state index in [2.05, 4.69) is 26.6 Å². The van der Waals surface area contributed by atoms with Crippen LogP contribution in [0.3, 0.4) is 0 Å². The van der Waals surface area contributed by atoms with Gasteiger partial charge < -0.3 is 15.7 Å². The first-order valence-corrected chi connectivity index (χ1v) is 5.76. The lowest BCUT2D eigenvalue weighted by atomic mass is 10.2. The molecule has 1 aromatic carbocycles. The molecule has 1 aromatic rings. The minimum absolute atomic E-state index is 0.0273. The third-order valence-electron chi connectivity index (χ3n) is 1.98. The Balaban J connectivity index is 2.81. The Morgan fingerprint density at radius 1 is 1.33 bits per heavy atom. The van der Waals surface area contributed by atoms with E-state index in [-0.39, 0.29) is 23.7 Å². The highest BCUT2D eigenvalue weighted by molar-refractivity contribution is 9.10. The van der Waals surface area contributed by atoms with Gasteiger partial charge in [-0.15, -0.1) is 0 Å². The molecule has 1 rings (SSSR count). The van der Waals surface area contributed by atoms with Crippen LogP contribution in [0.2, 0.25) is 0 Å². The first kappa shape index (κ1) is 14.2. The normalized spacial score (nSPS) is 9.67. The number of nitrogens with one attached hydrogen (secondary N) is 2. The van der Waals surface area contributed by atoms with Crippen LogP contribution >= 0.6 is 15.9 Å². The predicted octanol–water partition coefficient (Wildman–Crippen LogP) is 1.22. The first-order chi connectivity index (χ1) is 8.40. The number of anilines is 1. The Labute approximate surface area is 112 Å². The maximum absolute atomic E-state index is 11.4. The molecule has 0 aliphatic rings. The molecule has 0 radical (unpaired) electrons. The van der Waals surface area contributed by atoms with Crippen molar-refractivity contribution in [1.29, 1.82) is 0 Å². The number of halogens is 1. The number of carbonyl (C=O) groups is 3. The largest absolute Gasteiger partial charge is 0.478 e. The van der Waals surface area contributed by atoms with Crippen molar-refractivity contribution < 1.29 is 19.5 Å². The predicted molar refractivity (Wildman–Crippen MR) is 68.4 cm³/mol. The Bertz CT molecular complexity index is 502. The number of amides is 2. The summed E-state index contributed by atoms with van der Waals surface area (Å²) in [5.74, 6) is -1.97. The fraction of sp³-hybridized carbons (Fsp3) is 0.182. The van der Waals surface area contributed by atoms with E-state index in [0.29, 0.717) is 4.47 Å². The topological polar surface area (TPSA) is 95.5 Å². The fourth-order valence-corrected chi connectivity index (χ4v) is 1.56. The van der Waals surface area contributed by atoms with Gasteiger partial charge >= 0.3 is 5.97 Å². The Morgan fingerprint density at radius 2 is 2.00 bits per heavy atom. The van der Waals surface area contributed by atoms with Gasteiger partial charge in [0, 0.05) is 11.4 Å². The molecule has 0 saturated carbocycles. The zero-order valence-electron chi connectivity index (χ0n) is 9.49. The summed E-state index contributed by atoms with van der Waals surface area (Å²) in [6.45, 7) is 1.08. The summed E-state index contributed by atoms with van der Waals surface area (Å²) < 4.78 is 0.597. The maximum atomic E-state index is 11.4. The molecule has 3 N–H and O–H groups in total. The number of carbonyl (C=O) groups excluding carboxylic acids is 2. The molecular weight excluding hydrogens is 304 g/mol. The molecule has 0 atom stereocenters. The van der Waals surface area contributed by atoms with Crippen molar-refractivity contribution in [2.75, 3.05) is 11.9 Å². The van der Waals surface area contributed by atoms with Gasteiger partial charge in [-0.3, -0.25) is 9.59 Å². The molecule has 0 bridgehead atoms. The van der Waals surface area contributed by atoms with Crippen LogP contribution in [0.5, 0.6) is 0 Å². The maximum Gasteiger partial charge on any atom is 0.337 e. The molecular formula is C11H11BrN2O4. The van der Waals surface area contributed by atoms with E-state index in [9.17, 15) is 14.4 Å². The zero-order valence-corrected chi connectivity index (χ0v) is 11.1. The lowest BCUT2D eigenvalue weighted by Crippen LogP contribution is -2.31. The molecule has 0 aliphatic heterocycles. The first-order valence-electron chi connectivity index (χ1n) is 4.97. The van der Waals surface area contributed by atoms with Crippen molar-refractivity contribution in [1.82, 2.24) is 5.32 Å². The number of rotatable bonds is 4. The van der Waals surface area contributed by atoms with E-state index < -0.39 is 11.9 Å². The SMILES string of the molecule is CC(=O)NCC(=O)Nc1ccc(Br)cc1C(=O)O. The summed E-state index contributed by atoms with van der Waals surface area (Å²) in [6, 6.07) is 4.47. The van der Waals surface area contributed by atoms with E-state index in [1.54, 1.807) is 6.07 Å². The number of carboxylic acids is 1.